The van der Waals surface area contributed by atoms with Crippen LogP contribution in [0.5, 0.6) is 5.75 Å². The van der Waals surface area contributed by atoms with Crippen LogP contribution < -0.4 is 10.1 Å². The summed E-state index contributed by atoms with van der Waals surface area (Å²) in [5, 5.41) is 3.59. The Hall–Kier alpha value is -2.62. The number of aliphatic imine (C=N–C) groups is 1. The summed E-state index contributed by atoms with van der Waals surface area (Å²) < 4.78 is 5.84. The van der Waals surface area contributed by atoms with Crippen LogP contribution in [0.2, 0.25) is 0 Å². The molecular formula is C22H23N3O. The van der Waals surface area contributed by atoms with Gasteiger partial charge in [0.15, 0.2) is 0 Å². The fraction of sp³-hybridized carbons (Fsp3) is 0.364. The van der Waals surface area contributed by atoms with Crippen LogP contribution in [0.3, 0.4) is 0 Å². The van der Waals surface area contributed by atoms with Crippen LogP contribution >= 0.6 is 0 Å². The van der Waals surface area contributed by atoms with Gasteiger partial charge in [0, 0.05) is 37.1 Å². The van der Waals surface area contributed by atoms with Gasteiger partial charge in [0.2, 0.25) is 0 Å². The summed E-state index contributed by atoms with van der Waals surface area (Å²) in [6, 6.07) is 6.63. The van der Waals surface area contributed by atoms with Gasteiger partial charge in [0.25, 0.3) is 0 Å². The molecule has 2 aromatic rings. The number of amidine groups is 1. The number of hydrogen-bond donors (Lipinski definition) is 1. The molecule has 0 unspecified atom stereocenters. The molecule has 1 N–H and O–H groups in total. The Labute approximate surface area is 154 Å². The molecule has 1 fully saturated rings. The third kappa shape index (κ3) is 1.90. The van der Waals surface area contributed by atoms with E-state index >= 15 is 0 Å². The lowest BCUT2D eigenvalue weighted by Gasteiger charge is -2.38. The summed E-state index contributed by atoms with van der Waals surface area (Å²) in [4.78, 5) is 8.84. The van der Waals surface area contributed by atoms with Gasteiger partial charge in [-0.05, 0) is 65.8 Å². The van der Waals surface area contributed by atoms with Gasteiger partial charge < -0.3 is 10.1 Å². The molecule has 1 aliphatic heterocycles. The van der Waals surface area contributed by atoms with E-state index in [9.17, 15) is 0 Å². The van der Waals surface area contributed by atoms with Gasteiger partial charge in [-0.3, -0.25) is 9.98 Å². The molecule has 0 bridgehead atoms. The molecule has 2 heterocycles. The number of methoxy groups -OCH3 is 1. The first kappa shape index (κ1) is 15.6. The van der Waals surface area contributed by atoms with Gasteiger partial charge in [0.05, 0.1) is 12.5 Å². The topological polar surface area (TPSA) is 46.5 Å². The minimum absolute atomic E-state index is 0.0852. The first-order valence-electron chi connectivity index (χ1n) is 9.28. The van der Waals surface area contributed by atoms with Gasteiger partial charge in [0.1, 0.15) is 11.6 Å². The zero-order chi connectivity index (χ0) is 17.9. The standard InChI is InChI=1S/C22H23N3O/c1-13-15-5-8-24-12-14(15)9-16(13)17-10-19-18(11-20(17)26-3)22(6-4-7-22)21(23-2)25-19/h5,8,10-12H,4,6-7,9H2,1-3H3,(H,23,25). The summed E-state index contributed by atoms with van der Waals surface area (Å²) >= 11 is 0. The molecule has 0 radical (unpaired) electrons. The van der Waals surface area contributed by atoms with Gasteiger partial charge in [-0.15, -0.1) is 0 Å². The Balaban J connectivity index is 1.66. The highest BCUT2D eigenvalue weighted by molar-refractivity contribution is 6.11. The molecule has 0 amide bonds. The van der Waals surface area contributed by atoms with Crippen LogP contribution in [0.4, 0.5) is 5.69 Å². The molecule has 1 aromatic carbocycles. The zero-order valence-corrected chi connectivity index (χ0v) is 15.5. The number of fused-ring (bicyclic) bond motifs is 3. The smallest absolute Gasteiger partial charge is 0.126 e. The molecule has 4 nitrogen and oxygen atoms in total. The predicted molar refractivity (Wildman–Crippen MR) is 106 cm³/mol. The Morgan fingerprint density at radius 1 is 1.23 bits per heavy atom. The SMILES string of the molecule is CN=C1Nc2cc(C3=C(C)c4ccncc4C3)c(OC)cc2C12CCC2. The third-order valence-electron chi connectivity index (χ3n) is 6.44. The van der Waals surface area contributed by atoms with Crippen molar-refractivity contribution in [1.29, 1.82) is 0 Å². The second-order valence-corrected chi connectivity index (χ2v) is 7.54. The summed E-state index contributed by atoms with van der Waals surface area (Å²) in [5.41, 5.74) is 9.05. The van der Waals surface area contributed by atoms with Gasteiger partial charge in [-0.1, -0.05) is 6.42 Å². The number of ether oxygens (including phenoxy) is 1. The molecule has 0 saturated heterocycles. The quantitative estimate of drug-likeness (QED) is 0.874. The van der Waals surface area contributed by atoms with Crippen LogP contribution in [-0.2, 0) is 11.8 Å². The van der Waals surface area contributed by atoms with Crippen molar-refractivity contribution in [3.05, 3.63) is 52.8 Å². The van der Waals surface area contributed by atoms with Gasteiger partial charge in [-0.2, -0.15) is 0 Å². The maximum absolute atomic E-state index is 5.84. The maximum Gasteiger partial charge on any atom is 0.126 e. The predicted octanol–water partition coefficient (Wildman–Crippen LogP) is 4.45. The number of rotatable bonds is 2. The Morgan fingerprint density at radius 2 is 2.08 bits per heavy atom. The molecule has 5 rings (SSSR count). The summed E-state index contributed by atoms with van der Waals surface area (Å²) in [6.45, 7) is 2.20. The molecule has 0 atom stereocenters. The van der Waals surface area contributed by atoms with E-state index in [-0.39, 0.29) is 5.41 Å². The average Bonchev–Trinajstić information content (AvgIpc) is 3.15. The first-order chi connectivity index (χ1) is 12.7. The van der Waals surface area contributed by atoms with Crippen LogP contribution in [0.15, 0.2) is 35.6 Å². The van der Waals surface area contributed by atoms with Gasteiger partial charge >= 0.3 is 0 Å². The van der Waals surface area contributed by atoms with Crippen LogP contribution in [0.25, 0.3) is 11.1 Å². The maximum atomic E-state index is 5.84. The highest BCUT2D eigenvalue weighted by Crippen LogP contribution is 2.54. The van der Waals surface area contributed by atoms with Gasteiger partial charge in [-0.25, -0.2) is 0 Å². The molecule has 3 aliphatic rings. The monoisotopic (exact) mass is 345 g/mol. The van der Waals surface area contributed by atoms with Crippen LogP contribution in [0.1, 0.15) is 48.4 Å². The Bertz CT molecular complexity index is 983. The number of benzene rings is 1. The van der Waals surface area contributed by atoms with E-state index in [1.54, 1.807) is 7.11 Å². The second kappa shape index (κ2) is 5.44. The Morgan fingerprint density at radius 3 is 2.73 bits per heavy atom. The summed E-state index contributed by atoms with van der Waals surface area (Å²) in [6.07, 6.45) is 8.36. The number of nitrogens with zero attached hydrogens (tertiary/aromatic N) is 2. The summed E-state index contributed by atoms with van der Waals surface area (Å²) in [5.74, 6) is 2.08. The largest absolute Gasteiger partial charge is 0.496 e. The number of hydrogen-bond acceptors (Lipinski definition) is 3. The van der Waals surface area contributed by atoms with Crippen molar-refractivity contribution in [3.8, 4) is 5.75 Å². The van der Waals surface area contributed by atoms with E-state index in [2.05, 4.69) is 40.4 Å². The van der Waals surface area contributed by atoms with Crippen molar-refractivity contribution in [2.45, 2.75) is 38.0 Å². The lowest BCUT2D eigenvalue weighted by atomic mass is 9.64. The number of aromatic nitrogens is 1. The minimum Gasteiger partial charge on any atom is -0.496 e. The van der Waals surface area contributed by atoms with E-state index < -0.39 is 0 Å². The minimum atomic E-state index is 0.0852. The third-order valence-corrected chi connectivity index (χ3v) is 6.44. The molecule has 1 saturated carbocycles. The fourth-order valence-electron chi connectivity index (χ4n) is 4.88. The molecule has 26 heavy (non-hydrogen) atoms. The van der Waals surface area contributed by atoms with E-state index in [1.165, 1.54) is 58.3 Å². The number of pyridine rings is 1. The molecule has 132 valence electrons. The molecular weight excluding hydrogens is 322 g/mol. The van der Waals surface area contributed by atoms with E-state index in [1.807, 2.05) is 19.4 Å². The van der Waals surface area contributed by atoms with E-state index in [4.69, 9.17) is 4.74 Å². The molecule has 2 aliphatic carbocycles. The van der Waals surface area contributed by atoms with Crippen molar-refractivity contribution in [1.82, 2.24) is 4.98 Å². The fourth-order valence-corrected chi connectivity index (χ4v) is 4.88. The Kier molecular flexibility index (Phi) is 3.27. The lowest BCUT2D eigenvalue weighted by molar-refractivity contribution is 0.344. The van der Waals surface area contributed by atoms with Crippen molar-refractivity contribution in [2.75, 3.05) is 19.5 Å². The first-order valence-corrected chi connectivity index (χ1v) is 9.28. The van der Waals surface area contributed by atoms with Crippen molar-refractivity contribution in [3.63, 3.8) is 0 Å². The molecule has 1 spiro atoms. The average molecular weight is 345 g/mol. The zero-order valence-electron chi connectivity index (χ0n) is 15.5. The highest BCUT2D eigenvalue weighted by Gasteiger charge is 2.49. The number of allylic oxidation sites excluding steroid dienone is 2. The van der Waals surface area contributed by atoms with Crippen LogP contribution in [0, 0.1) is 0 Å². The highest BCUT2D eigenvalue weighted by atomic mass is 16.5. The van der Waals surface area contributed by atoms with E-state index in [0.717, 1.165) is 18.0 Å². The molecule has 1 aromatic heterocycles. The van der Waals surface area contributed by atoms with Crippen molar-refractivity contribution >= 4 is 22.7 Å². The number of nitrogens with one attached hydrogen (secondary N) is 1. The normalized spacial score (nSPS) is 20.8. The lowest BCUT2D eigenvalue weighted by Crippen LogP contribution is -2.41. The second-order valence-electron chi connectivity index (χ2n) is 7.54. The van der Waals surface area contributed by atoms with Crippen LogP contribution in [-0.4, -0.2) is 25.0 Å². The number of anilines is 1. The summed E-state index contributed by atoms with van der Waals surface area (Å²) in [7, 11) is 3.66. The van der Waals surface area contributed by atoms with Crippen molar-refractivity contribution in [2.24, 2.45) is 4.99 Å². The molecule has 4 heteroatoms. The van der Waals surface area contributed by atoms with E-state index in [0.29, 0.717) is 0 Å². The van der Waals surface area contributed by atoms with Crippen molar-refractivity contribution < 1.29 is 4.74 Å².